The Morgan fingerprint density at radius 2 is 1.95 bits per heavy atom. The van der Waals surface area contributed by atoms with E-state index in [0.29, 0.717) is 6.01 Å². The summed E-state index contributed by atoms with van der Waals surface area (Å²) >= 11 is 1.39. The molecule has 0 atom stereocenters. The van der Waals surface area contributed by atoms with Crippen LogP contribution in [-0.2, 0) is 0 Å². The first kappa shape index (κ1) is 14.8. The topological polar surface area (TPSA) is 41.5 Å². The second-order valence-electron chi connectivity index (χ2n) is 4.99. The smallest absolute Gasteiger partial charge is 0.329 e. The molecule has 1 aliphatic rings. The lowest BCUT2D eigenvalue weighted by Gasteiger charge is -2.33. The first-order chi connectivity index (χ1) is 10.8. The molecule has 2 heterocycles. The fraction of sp³-hybridized carbons (Fsp3) is 0.375. The molecule has 0 unspecified atom stereocenters. The minimum atomic E-state index is 0.455. The van der Waals surface area contributed by atoms with Crippen LogP contribution in [0.15, 0.2) is 30.3 Å². The average Bonchev–Trinajstić information content (AvgIpc) is 3.06. The van der Waals surface area contributed by atoms with Crippen molar-refractivity contribution in [3.8, 4) is 17.9 Å². The van der Waals surface area contributed by atoms with E-state index in [1.165, 1.54) is 11.5 Å². The minimum absolute atomic E-state index is 0.455. The molecule has 0 saturated carbocycles. The molecule has 1 fully saturated rings. The van der Waals surface area contributed by atoms with Crippen molar-refractivity contribution in [2.45, 2.75) is 0 Å². The monoisotopic (exact) mass is 314 g/mol. The van der Waals surface area contributed by atoms with Gasteiger partial charge in [0.2, 0.25) is 5.13 Å². The van der Waals surface area contributed by atoms with Crippen LogP contribution in [0.5, 0.6) is 6.01 Å². The lowest BCUT2D eigenvalue weighted by molar-refractivity contribution is 0.287. The highest BCUT2D eigenvalue weighted by Gasteiger charge is 2.19. The molecule has 1 aromatic heterocycles. The van der Waals surface area contributed by atoms with E-state index in [4.69, 9.17) is 4.74 Å². The third kappa shape index (κ3) is 3.75. The SMILES string of the molecule is COc1nsc(N2CCN(CC#Cc3ccccc3)CC2)n1. The number of rotatable bonds is 3. The van der Waals surface area contributed by atoms with Gasteiger partial charge in [-0.3, -0.25) is 4.90 Å². The largest absolute Gasteiger partial charge is 0.466 e. The van der Waals surface area contributed by atoms with E-state index in [1.807, 2.05) is 30.3 Å². The number of piperazine rings is 1. The summed E-state index contributed by atoms with van der Waals surface area (Å²) in [6.07, 6.45) is 0. The predicted molar refractivity (Wildman–Crippen MR) is 88.4 cm³/mol. The lowest BCUT2D eigenvalue weighted by Crippen LogP contribution is -2.46. The van der Waals surface area contributed by atoms with Crippen LogP contribution in [0.4, 0.5) is 5.13 Å². The maximum Gasteiger partial charge on any atom is 0.329 e. The molecule has 1 aliphatic heterocycles. The number of aromatic nitrogens is 2. The first-order valence-corrected chi connectivity index (χ1v) is 8.01. The summed E-state index contributed by atoms with van der Waals surface area (Å²) in [5, 5.41) is 0.937. The van der Waals surface area contributed by atoms with Crippen molar-refractivity contribution in [3.63, 3.8) is 0 Å². The van der Waals surface area contributed by atoms with Gasteiger partial charge in [-0.2, -0.15) is 4.98 Å². The number of ether oxygens (including phenoxy) is 1. The van der Waals surface area contributed by atoms with Crippen molar-refractivity contribution in [1.29, 1.82) is 0 Å². The van der Waals surface area contributed by atoms with Crippen molar-refractivity contribution in [3.05, 3.63) is 35.9 Å². The molecule has 0 aliphatic carbocycles. The molecule has 3 rings (SSSR count). The molecular weight excluding hydrogens is 296 g/mol. The normalized spacial score (nSPS) is 15.2. The zero-order valence-corrected chi connectivity index (χ0v) is 13.3. The van der Waals surface area contributed by atoms with Gasteiger partial charge in [0, 0.05) is 43.3 Å². The van der Waals surface area contributed by atoms with Crippen LogP contribution in [0.25, 0.3) is 0 Å². The molecular formula is C16H18N4OS. The number of hydrogen-bond donors (Lipinski definition) is 0. The quantitative estimate of drug-likeness (QED) is 0.807. The molecule has 1 saturated heterocycles. The van der Waals surface area contributed by atoms with Crippen LogP contribution in [-0.4, -0.2) is 54.1 Å². The van der Waals surface area contributed by atoms with Gasteiger partial charge in [0.15, 0.2) is 0 Å². The van der Waals surface area contributed by atoms with Crippen molar-refractivity contribution >= 4 is 16.7 Å². The van der Waals surface area contributed by atoms with Crippen LogP contribution in [0, 0.1) is 11.8 Å². The fourth-order valence-corrected chi connectivity index (χ4v) is 2.98. The Labute approximate surface area is 134 Å². The van der Waals surface area contributed by atoms with Gasteiger partial charge >= 0.3 is 6.01 Å². The van der Waals surface area contributed by atoms with Gasteiger partial charge in [-0.25, -0.2) is 0 Å². The van der Waals surface area contributed by atoms with Gasteiger partial charge in [0.1, 0.15) is 0 Å². The van der Waals surface area contributed by atoms with Crippen molar-refractivity contribution in [2.24, 2.45) is 0 Å². The summed E-state index contributed by atoms with van der Waals surface area (Å²) < 4.78 is 9.18. The Balaban J connectivity index is 1.49. The summed E-state index contributed by atoms with van der Waals surface area (Å²) in [5.41, 5.74) is 1.07. The summed E-state index contributed by atoms with van der Waals surface area (Å²) in [6.45, 7) is 4.69. The zero-order chi connectivity index (χ0) is 15.2. The van der Waals surface area contributed by atoms with E-state index in [0.717, 1.165) is 43.4 Å². The van der Waals surface area contributed by atoms with E-state index in [9.17, 15) is 0 Å². The molecule has 6 heteroatoms. The van der Waals surface area contributed by atoms with E-state index < -0.39 is 0 Å². The van der Waals surface area contributed by atoms with Crippen molar-refractivity contribution < 1.29 is 4.74 Å². The number of benzene rings is 1. The molecule has 0 amide bonds. The van der Waals surface area contributed by atoms with Crippen LogP contribution in [0.3, 0.4) is 0 Å². The number of anilines is 1. The Hall–Kier alpha value is -2.10. The van der Waals surface area contributed by atoms with Crippen molar-refractivity contribution in [2.75, 3.05) is 44.7 Å². The number of nitrogens with zero attached hydrogens (tertiary/aromatic N) is 4. The third-order valence-corrected chi connectivity index (χ3v) is 4.29. The predicted octanol–water partition coefficient (Wildman–Crippen LogP) is 1.72. The van der Waals surface area contributed by atoms with Crippen LogP contribution >= 0.6 is 11.5 Å². The third-order valence-electron chi connectivity index (χ3n) is 3.53. The zero-order valence-electron chi connectivity index (χ0n) is 12.5. The second kappa shape index (κ2) is 7.25. The highest BCUT2D eigenvalue weighted by Crippen LogP contribution is 2.21. The summed E-state index contributed by atoms with van der Waals surface area (Å²) in [6, 6.07) is 10.6. The van der Waals surface area contributed by atoms with Gasteiger partial charge in [-0.15, -0.1) is 4.37 Å². The van der Waals surface area contributed by atoms with E-state index >= 15 is 0 Å². The molecule has 5 nitrogen and oxygen atoms in total. The van der Waals surface area contributed by atoms with Gasteiger partial charge in [0.25, 0.3) is 0 Å². The fourth-order valence-electron chi connectivity index (χ4n) is 2.29. The minimum Gasteiger partial charge on any atom is -0.466 e. The maximum absolute atomic E-state index is 5.03. The molecule has 0 bridgehead atoms. The highest BCUT2D eigenvalue weighted by atomic mass is 32.1. The molecule has 114 valence electrons. The Bertz CT molecular complexity index is 654. The molecule has 0 N–H and O–H groups in total. The molecule has 1 aromatic carbocycles. The van der Waals surface area contributed by atoms with E-state index in [-0.39, 0.29) is 0 Å². The first-order valence-electron chi connectivity index (χ1n) is 7.24. The van der Waals surface area contributed by atoms with E-state index in [1.54, 1.807) is 7.11 Å². The maximum atomic E-state index is 5.03. The standard InChI is InChI=1S/C16H18N4OS/c1-21-15-17-16(22-18-15)20-12-10-19(11-13-20)9-5-8-14-6-3-2-4-7-14/h2-4,6-7H,9-13H2,1H3. The van der Waals surface area contributed by atoms with Gasteiger partial charge in [0.05, 0.1) is 13.7 Å². The molecule has 2 aromatic rings. The van der Waals surface area contributed by atoms with Gasteiger partial charge in [-0.05, 0) is 12.1 Å². The van der Waals surface area contributed by atoms with Crippen molar-refractivity contribution in [1.82, 2.24) is 14.3 Å². The van der Waals surface area contributed by atoms with Gasteiger partial charge < -0.3 is 9.64 Å². The van der Waals surface area contributed by atoms with Crippen LogP contribution in [0.1, 0.15) is 5.56 Å². The average molecular weight is 314 g/mol. The second-order valence-corrected chi connectivity index (χ2v) is 5.72. The number of methoxy groups -OCH3 is 1. The van der Waals surface area contributed by atoms with Gasteiger partial charge in [-0.1, -0.05) is 30.0 Å². The molecule has 0 radical (unpaired) electrons. The Morgan fingerprint density at radius 1 is 1.18 bits per heavy atom. The lowest BCUT2D eigenvalue weighted by atomic mass is 10.2. The van der Waals surface area contributed by atoms with E-state index in [2.05, 4.69) is 31.0 Å². The Morgan fingerprint density at radius 3 is 2.64 bits per heavy atom. The summed E-state index contributed by atoms with van der Waals surface area (Å²) in [5.74, 6) is 6.45. The molecule has 0 spiro atoms. The van der Waals surface area contributed by atoms with Crippen LogP contribution < -0.4 is 9.64 Å². The summed E-state index contributed by atoms with van der Waals surface area (Å²) in [7, 11) is 1.59. The Kier molecular flexibility index (Phi) is 4.88. The molecule has 22 heavy (non-hydrogen) atoms. The number of hydrogen-bond acceptors (Lipinski definition) is 6. The highest BCUT2D eigenvalue weighted by molar-refractivity contribution is 7.09. The summed E-state index contributed by atoms with van der Waals surface area (Å²) in [4.78, 5) is 8.96. The van der Waals surface area contributed by atoms with Crippen LogP contribution in [0.2, 0.25) is 0 Å².